The largest absolute Gasteiger partial charge is 0.527 e. The van der Waals surface area contributed by atoms with E-state index in [9.17, 15) is 28.9 Å². The van der Waals surface area contributed by atoms with Crippen molar-refractivity contribution < 1.29 is 28.9 Å². The monoisotopic (exact) mass is 498 g/mol. The van der Waals surface area contributed by atoms with Crippen LogP contribution in [-0.2, 0) is 9.36 Å². The van der Waals surface area contributed by atoms with Crippen LogP contribution in [0.4, 0.5) is 4.39 Å². The molecule has 3 aromatic rings. The number of carbonyl (C=O) groups is 1. The highest BCUT2D eigenvalue weighted by Gasteiger charge is 2.67. The second-order valence-corrected chi connectivity index (χ2v) is 10.5. The molecule has 1 aromatic heterocycles. The third-order valence-electron chi connectivity index (χ3n) is 6.39. The molecule has 0 saturated heterocycles. The first kappa shape index (κ1) is 26.6. The molecule has 0 spiro atoms. The fourth-order valence-corrected chi connectivity index (χ4v) is 5.68. The van der Waals surface area contributed by atoms with Crippen molar-refractivity contribution >= 4 is 14.0 Å². The highest BCUT2D eigenvalue weighted by molar-refractivity contribution is 7.41. The summed E-state index contributed by atoms with van der Waals surface area (Å²) < 4.78 is 26.6. The van der Waals surface area contributed by atoms with Crippen LogP contribution >= 0.6 is 8.03 Å². The van der Waals surface area contributed by atoms with Crippen LogP contribution in [0.3, 0.4) is 0 Å². The van der Waals surface area contributed by atoms with Crippen LogP contribution in [0.2, 0.25) is 0 Å². The summed E-state index contributed by atoms with van der Waals surface area (Å²) >= 11 is 0. The normalized spacial score (nSPS) is 15.4. The quantitative estimate of drug-likeness (QED) is 0.316. The van der Waals surface area contributed by atoms with Crippen LogP contribution in [0.1, 0.15) is 44.2 Å². The first-order valence-electron chi connectivity index (χ1n) is 11.4. The summed E-state index contributed by atoms with van der Waals surface area (Å²) in [5.41, 5.74) is 3.69. The van der Waals surface area contributed by atoms with Crippen molar-refractivity contribution in [3.8, 4) is 22.4 Å². The van der Waals surface area contributed by atoms with E-state index < -0.39 is 37.0 Å². The predicted octanol–water partition coefficient (Wildman–Crippen LogP) is 5.93. The van der Waals surface area contributed by atoms with Crippen molar-refractivity contribution in [3.63, 3.8) is 0 Å². The van der Waals surface area contributed by atoms with Gasteiger partial charge in [0.1, 0.15) is 11.9 Å². The van der Waals surface area contributed by atoms with Gasteiger partial charge in [0.25, 0.3) is 0 Å². The number of aliphatic hydroxyl groups excluding tert-OH is 1. The molecular formula is C27H30FNO5P+. The van der Waals surface area contributed by atoms with Gasteiger partial charge in [-0.2, -0.15) is 4.89 Å². The lowest BCUT2D eigenvalue weighted by atomic mass is 9.75. The van der Waals surface area contributed by atoms with Gasteiger partial charge in [-0.25, -0.2) is 9.18 Å². The third kappa shape index (κ3) is 5.18. The Balaban J connectivity index is 2.40. The van der Waals surface area contributed by atoms with Gasteiger partial charge in [0.05, 0.1) is 11.6 Å². The Labute approximate surface area is 205 Å². The van der Waals surface area contributed by atoms with Crippen molar-refractivity contribution in [2.45, 2.75) is 51.3 Å². The van der Waals surface area contributed by atoms with Crippen molar-refractivity contribution in [1.82, 2.24) is 4.98 Å². The molecule has 35 heavy (non-hydrogen) atoms. The van der Waals surface area contributed by atoms with Crippen LogP contribution in [0.15, 0.2) is 60.8 Å². The lowest BCUT2D eigenvalue weighted by Gasteiger charge is -2.32. The van der Waals surface area contributed by atoms with Crippen LogP contribution < -0.4 is 0 Å². The minimum atomic E-state index is -3.35. The van der Waals surface area contributed by atoms with Crippen LogP contribution in [0, 0.1) is 18.7 Å². The molecular weight excluding hydrogens is 468 g/mol. The first-order chi connectivity index (χ1) is 16.5. The van der Waals surface area contributed by atoms with E-state index >= 15 is 0 Å². The van der Waals surface area contributed by atoms with Crippen molar-refractivity contribution in [2.75, 3.05) is 0 Å². The average Bonchev–Trinajstić information content (AvgIpc) is 2.78. The first-order valence-corrected chi connectivity index (χ1v) is 12.6. The van der Waals surface area contributed by atoms with Crippen LogP contribution in [-0.4, -0.2) is 37.3 Å². The summed E-state index contributed by atoms with van der Waals surface area (Å²) in [7, 11) is -3.35. The molecule has 4 unspecified atom stereocenters. The number of hydrogen-bond acceptors (Lipinski definition) is 4. The smallest absolute Gasteiger partial charge is 0.477 e. The summed E-state index contributed by atoms with van der Waals surface area (Å²) in [4.78, 5) is 27.5. The van der Waals surface area contributed by atoms with Gasteiger partial charge in [0.2, 0.25) is 0 Å². The number of carboxylic acids is 1. The second-order valence-electron chi connectivity index (χ2n) is 9.24. The van der Waals surface area contributed by atoms with Gasteiger partial charge in [0, 0.05) is 11.8 Å². The van der Waals surface area contributed by atoms with Gasteiger partial charge < -0.3 is 10.2 Å². The molecule has 0 aliphatic carbocycles. The molecule has 1 heterocycles. The molecule has 0 aliphatic heterocycles. The van der Waals surface area contributed by atoms with E-state index in [1.807, 2.05) is 44.2 Å². The van der Waals surface area contributed by atoms with Gasteiger partial charge in [-0.3, -0.25) is 4.98 Å². The molecule has 0 aliphatic rings. The Morgan fingerprint density at radius 2 is 1.74 bits per heavy atom. The Bertz CT molecular complexity index is 1220. The molecule has 0 saturated carbocycles. The minimum Gasteiger partial charge on any atom is -0.477 e. The topological polar surface area (TPSA) is 108 Å². The minimum absolute atomic E-state index is 0.0663. The van der Waals surface area contributed by atoms with Gasteiger partial charge in [-0.05, 0) is 71.2 Å². The zero-order chi connectivity index (χ0) is 25.9. The molecule has 0 fully saturated rings. The number of aryl methyl sites for hydroxylation is 1. The summed E-state index contributed by atoms with van der Waals surface area (Å²) in [5, 5.41) is 18.5. The van der Waals surface area contributed by atoms with Crippen molar-refractivity contribution in [3.05, 3.63) is 77.7 Å². The lowest BCUT2D eigenvalue weighted by molar-refractivity contribution is -0.144. The Morgan fingerprint density at radius 3 is 2.26 bits per heavy atom. The second kappa shape index (κ2) is 10.7. The van der Waals surface area contributed by atoms with Gasteiger partial charge >= 0.3 is 19.2 Å². The summed E-state index contributed by atoms with van der Waals surface area (Å²) in [5.74, 6) is -3.09. The average molecular weight is 499 g/mol. The third-order valence-corrected chi connectivity index (χ3v) is 7.90. The van der Waals surface area contributed by atoms with Crippen molar-refractivity contribution in [1.29, 1.82) is 0 Å². The zero-order valence-corrected chi connectivity index (χ0v) is 21.0. The molecule has 2 aromatic carbocycles. The Morgan fingerprint density at radius 1 is 1.09 bits per heavy atom. The number of pyridine rings is 1. The maximum atomic E-state index is 14.0. The molecule has 184 valence electrons. The van der Waals surface area contributed by atoms with E-state index in [1.165, 1.54) is 25.3 Å². The summed E-state index contributed by atoms with van der Waals surface area (Å²) in [6.07, 6.45) is 0.0959. The van der Waals surface area contributed by atoms with Crippen LogP contribution in [0.25, 0.3) is 22.4 Å². The van der Waals surface area contributed by atoms with E-state index in [0.717, 1.165) is 5.56 Å². The van der Waals surface area contributed by atoms with E-state index in [-0.39, 0.29) is 12.3 Å². The summed E-state index contributed by atoms with van der Waals surface area (Å²) in [6.45, 7) is 6.72. The zero-order valence-electron chi connectivity index (χ0n) is 20.1. The van der Waals surface area contributed by atoms with Gasteiger partial charge in [-0.1, -0.05) is 50.2 Å². The van der Waals surface area contributed by atoms with E-state index in [4.69, 9.17) is 0 Å². The number of rotatable bonds is 9. The van der Waals surface area contributed by atoms with E-state index in [2.05, 4.69) is 4.98 Å². The number of aromatic nitrogens is 1. The number of halogens is 1. The highest BCUT2D eigenvalue weighted by Crippen LogP contribution is 2.53. The standard InChI is InChI=1S/C27H29FNO5P/c1-16(2)12-24(27(18(4)30,26(31)32)35(33)34)23-15-29-25(19-8-6-5-7-9-19)14-22(23)21-11-10-20(28)13-17(21)3/h5-11,13-16,18,24,30H,12H2,1-4H3,(H-,31,32,33,34)/p+1. The summed E-state index contributed by atoms with van der Waals surface area (Å²) in [6, 6.07) is 15.5. The van der Waals surface area contributed by atoms with Gasteiger partial charge in [0.15, 0.2) is 0 Å². The number of aliphatic hydroxyl groups is 1. The molecule has 0 radical (unpaired) electrons. The van der Waals surface area contributed by atoms with Crippen LogP contribution in [0.5, 0.6) is 0 Å². The highest BCUT2D eigenvalue weighted by atomic mass is 31.1. The maximum absolute atomic E-state index is 14.0. The number of benzene rings is 2. The Hall–Kier alpha value is -2.99. The van der Waals surface area contributed by atoms with Gasteiger partial charge in [-0.15, -0.1) is 0 Å². The molecule has 0 amide bonds. The van der Waals surface area contributed by atoms with E-state index in [0.29, 0.717) is 27.9 Å². The Kier molecular flexibility index (Phi) is 8.16. The molecule has 6 nitrogen and oxygen atoms in total. The lowest BCUT2D eigenvalue weighted by Crippen LogP contribution is -2.50. The maximum Gasteiger partial charge on any atom is 0.527 e. The molecule has 3 N–H and O–H groups in total. The number of carboxylic acid groups (broad SMARTS) is 1. The number of aliphatic carboxylic acids is 1. The molecule has 3 rings (SSSR count). The van der Waals surface area contributed by atoms with Crippen molar-refractivity contribution in [2.24, 2.45) is 5.92 Å². The number of nitrogens with zero attached hydrogens (tertiary/aromatic N) is 1. The SMILES string of the molecule is Cc1cc(F)ccc1-c1cc(-c2ccccc2)ncc1C(CC(C)C)C(C(=O)O)(C(C)O)[P+](=O)O. The number of hydrogen-bond donors (Lipinski definition) is 3. The predicted molar refractivity (Wildman–Crippen MR) is 134 cm³/mol. The molecule has 4 atom stereocenters. The molecule has 8 heteroatoms. The fraction of sp³-hybridized carbons (Fsp3) is 0.333. The fourth-order valence-electron chi connectivity index (χ4n) is 4.68. The van der Waals surface area contributed by atoms with E-state index in [1.54, 1.807) is 19.1 Å². The molecule has 0 bridgehead atoms.